The predicted molar refractivity (Wildman–Crippen MR) is 70.3 cm³/mol. The van der Waals surface area contributed by atoms with Crippen LogP contribution in [0, 0.1) is 0 Å². The molecule has 1 aromatic carbocycles. The first-order valence-electron chi connectivity index (χ1n) is 6.07. The molecule has 2 aromatic rings. The number of nitrogens with one attached hydrogen (secondary N) is 1. The summed E-state index contributed by atoms with van der Waals surface area (Å²) in [6.07, 6.45) is -5.69. The number of hydrogen-bond acceptors (Lipinski definition) is 6. The van der Waals surface area contributed by atoms with Crippen molar-refractivity contribution in [3.63, 3.8) is 0 Å². The Bertz CT molecular complexity index is 689. The molecule has 6 nitrogen and oxygen atoms in total. The maximum Gasteiger partial charge on any atom is 0.458 e. The van der Waals surface area contributed by atoms with Gasteiger partial charge >= 0.3 is 12.1 Å². The highest BCUT2D eigenvalue weighted by Gasteiger charge is 2.58. The van der Waals surface area contributed by atoms with Crippen molar-refractivity contribution in [1.82, 2.24) is 15.0 Å². The van der Waals surface area contributed by atoms with Crippen molar-refractivity contribution in [2.75, 3.05) is 17.8 Å². The van der Waals surface area contributed by atoms with E-state index in [2.05, 4.69) is 20.3 Å². The van der Waals surface area contributed by atoms with Gasteiger partial charge in [-0.3, -0.25) is 0 Å². The first-order chi connectivity index (χ1) is 10.6. The molecule has 2 rings (SSSR count). The van der Waals surface area contributed by atoms with Crippen molar-refractivity contribution in [2.45, 2.75) is 12.1 Å². The van der Waals surface area contributed by atoms with E-state index >= 15 is 0 Å². The van der Waals surface area contributed by atoms with Crippen molar-refractivity contribution in [3.8, 4) is 11.4 Å². The zero-order valence-corrected chi connectivity index (χ0v) is 11.3. The van der Waals surface area contributed by atoms with Crippen molar-refractivity contribution in [1.29, 1.82) is 0 Å². The summed E-state index contributed by atoms with van der Waals surface area (Å²) in [7, 11) is 0. The lowest BCUT2D eigenvalue weighted by Crippen LogP contribution is -2.33. The van der Waals surface area contributed by atoms with Gasteiger partial charge in [-0.1, -0.05) is 24.3 Å². The van der Waals surface area contributed by atoms with E-state index in [1.54, 1.807) is 0 Å². The number of hydrogen-bond donors (Lipinski definition) is 3. The second-order valence-corrected chi connectivity index (χ2v) is 4.33. The van der Waals surface area contributed by atoms with Crippen molar-refractivity contribution in [3.05, 3.63) is 29.8 Å². The van der Waals surface area contributed by atoms with Crippen LogP contribution < -0.4 is 11.1 Å². The molecular weight excluding hydrogens is 325 g/mol. The van der Waals surface area contributed by atoms with Crippen molar-refractivity contribution in [2.24, 2.45) is 0 Å². The molecule has 1 heterocycles. The topological polar surface area (TPSA) is 97.0 Å². The van der Waals surface area contributed by atoms with Gasteiger partial charge in [0.05, 0.1) is 0 Å². The van der Waals surface area contributed by atoms with Gasteiger partial charge in [0.1, 0.15) is 6.73 Å². The number of aromatic nitrogens is 3. The van der Waals surface area contributed by atoms with Gasteiger partial charge in [0, 0.05) is 11.1 Å². The van der Waals surface area contributed by atoms with E-state index in [1.807, 2.05) is 0 Å². The van der Waals surface area contributed by atoms with Crippen LogP contribution in [0.2, 0.25) is 0 Å². The predicted octanol–water partition coefficient (Wildman–Crippen LogP) is 2.14. The summed E-state index contributed by atoms with van der Waals surface area (Å²) in [6.45, 7) is -0.486. The highest BCUT2D eigenvalue weighted by Crippen LogP contribution is 2.43. The minimum Gasteiger partial charge on any atom is -0.376 e. The molecule has 0 radical (unpaired) electrons. The molecule has 0 saturated carbocycles. The van der Waals surface area contributed by atoms with Gasteiger partial charge in [0.15, 0.2) is 5.82 Å². The Labute approximate surface area is 126 Å². The molecule has 124 valence electrons. The number of benzene rings is 1. The molecule has 23 heavy (non-hydrogen) atoms. The summed E-state index contributed by atoms with van der Waals surface area (Å²) in [5.74, 6) is -5.29. The minimum atomic E-state index is -5.69. The summed E-state index contributed by atoms with van der Waals surface area (Å²) in [5, 5.41) is 11.1. The molecule has 0 bridgehead atoms. The molecule has 0 spiro atoms. The third-order valence-corrected chi connectivity index (χ3v) is 2.75. The van der Waals surface area contributed by atoms with E-state index < -0.39 is 24.4 Å². The van der Waals surface area contributed by atoms with E-state index in [-0.39, 0.29) is 23.3 Å². The summed E-state index contributed by atoms with van der Waals surface area (Å²) < 4.78 is 63.3. The lowest BCUT2D eigenvalue weighted by atomic mass is 10.1. The number of alkyl halides is 5. The van der Waals surface area contributed by atoms with Gasteiger partial charge < -0.3 is 16.2 Å². The molecule has 0 aliphatic rings. The fourth-order valence-corrected chi connectivity index (χ4v) is 1.66. The van der Waals surface area contributed by atoms with Crippen LogP contribution in [0.15, 0.2) is 24.3 Å². The Morgan fingerprint density at radius 3 is 2.13 bits per heavy atom. The molecule has 0 aliphatic carbocycles. The first-order valence-corrected chi connectivity index (χ1v) is 6.07. The molecule has 0 saturated heterocycles. The van der Waals surface area contributed by atoms with Gasteiger partial charge in [-0.25, -0.2) is 0 Å². The lowest BCUT2D eigenvalue weighted by molar-refractivity contribution is -0.289. The van der Waals surface area contributed by atoms with E-state index in [0.29, 0.717) is 12.1 Å². The van der Waals surface area contributed by atoms with Crippen LogP contribution in [-0.2, 0) is 5.92 Å². The monoisotopic (exact) mass is 335 g/mol. The quantitative estimate of drug-likeness (QED) is 0.585. The van der Waals surface area contributed by atoms with Gasteiger partial charge in [0.25, 0.3) is 0 Å². The summed E-state index contributed by atoms with van der Waals surface area (Å²) in [6, 6.07) is 3.27. The van der Waals surface area contributed by atoms with Crippen molar-refractivity contribution < 1.29 is 27.1 Å². The van der Waals surface area contributed by atoms with Crippen LogP contribution in [0.1, 0.15) is 5.56 Å². The third kappa shape index (κ3) is 3.44. The van der Waals surface area contributed by atoms with Crippen LogP contribution in [-0.4, -0.2) is 33.0 Å². The van der Waals surface area contributed by atoms with Gasteiger partial charge in [-0.2, -0.15) is 36.9 Å². The van der Waals surface area contributed by atoms with Crippen LogP contribution in [0.4, 0.5) is 33.8 Å². The molecular formula is C12H10F5N5O. The smallest absolute Gasteiger partial charge is 0.376 e. The Kier molecular flexibility index (Phi) is 4.32. The van der Waals surface area contributed by atoms with Crippen LogP contribution in [0.3, 0.4) is 0 Å². The number of nitrogen functional groups attached to an aromatic ring is 1. The molecule has 0 aliphatic heterocycles. The fraction of sp³-hybridized carbons (Fsp3) is 0.250. The second-order valence-electron chi connectivity index (χ2n) is 4.33. The number of rotatable bonds is 4. The summed E-state index contributed by atoms with van der Waals surface area (Å²) >= 11 is 0. The Morgan fingerprint density at radius 1 is 1.00 bits per heavy atom. The maximum absolute atomic E-state index is 13.2. The number of nitrogens with two attached hydrogens (primary N) is 1. The highest BCUT2D eigenvalue weighted by atomic mass is 19.4. The summed E-state index contributed by atoms with van der Waals surface area (Å²) in [5.41, 5.74) is 4.38. The molecule has 4 N–H and O–H groups in total. The Morgan fingerprint density at radius 2 is 1.61 bits per heavy atom. The molecule has 1 aromatic heterocycles. The number of nitrogens with zero attached hydrogens (tertiary/aromatic N) is 3. The third-order valence-electron chi connectivity index (χ3n) is 2.75. The number of aliphatic hydroxyl groups excluding tert-OH is 1. The van der Waals surface area contributed by atoms with Crippen LogP contribution in [0.25, 0.3) is 11.4 Å². The number of halogens is 5. The average Bonchev–Trinajstić information content (AvgIpc) is 2.46. The largest absolute Gasteiger partial charge is 0.458 e. The molecule has 11 heteroatoms. The van der Waals surface area contributed by atoms with Gasteiger partial charge in [-0.05, 0) is 0 Å². The summed E-state index contributed by atoms with van der Waals surface area (Å²) in [4.78, 5) is 11.3. The molecule has 0 fully saturated rings. The van der Waals surface area contributed by atoms with Crippen LogP contribution in [0.5, 0.6) is 0 Å². The molecule has 0 unspecified atom stereocenters. The fourth-order valence-electron chi connectivity index (χ4n) is 1.66. The SMILES string of the molecule is Nc1nc(NCO)nc(-c2ccc(C(F)(F)C(F)(F)F)cc2)n1. The highest BCUT2D eigenvalue weighted by molar-refractivity contribution is 5.58. The number of aliphatic hydroxyl groups is 1. The minimum absolute atomic E-state index is 0.0460. The molecule has 0 amide bonds. The van der Waals surface area contributed by atoms with E-state index in [0.717, 1.165) is 12.1 Å². The van der Waals surface area contributed by atoms with E-state index in [9.17, 15) is 22.0 Å². The average molecular weight is 335 g/mol. The van der Waals surface area contributed by atoms with Crippen molar-refractivity contribution >= 4 is 11.9 Å². The zero-order chi connectivity index (χ0) is 17.3. The first kappa shape index (κ1) is 16.8. The standard InChI is InChI=1S/C12H10F5N5O/c13-11(14,12(15,16)17)7-3-1-6(2-4-7)8-20-9(18)22-10(21-8)19-5-23/h1-4,23H,5H2,(H3,18,19,20,21,22). The normalized spacial score (nSPS) is 12.3. The number of anilines is 2. The van der Waals surface area contributed by atoms with E-state index in [4.69, 9.17) is 10.8 Å². The van der Waals surface area contributed by atoms with E-state index in [1.165, 1.54) is 0 Å². The van der Waals surface area contributed by atoms with Gasteiger partial charge in [-0.15, -0.1) is 0 Å². The lowest BCUT2D eigenvalue weighted by Gasteiger charge is -2.19. The molecule has 0 atom stereocenters. The maximum atomic E-state index is 13.2. The van der Waals surface area contributed by atoms with Gasteiger partial charge in [0.2, 0.25) is 11.9 Å². The Balaban J connectivity index is 2.37. The Hall–Kier alpha value is -2.56. The van der Waals surface area contributed by atoms with Crippen LogP contribution >= 0.6 is 0 Å². The zero-order valence-electron chi connectivity index (χ0n) is 11.3. The second kappa shape index (κ2) is 5.91.